The maximum atomic E-state index is 14.7. The summed E-state index contributed by atoms with van der Waals surface area (Å²) in [6.45, 7) is -0.587. The van der Waals surface area contributed by atoms with Crippen LogP contribution in [0.15, 0.2) is 41.6 Å². The van der Waals surface area contributed by atoms with Gasteiger partial charge in [0.2, 0.25) is 0 Å². The molecule has 0 saturated carbocycles. The number of methoxy groups -OCH3 is 2. The molecule has 2 aromatic carbocycles. The van der Waals surface area contributed by atoms with Crippen LogP contribution in [0, 0.1) is 17.5 Å². The number of ether oxygens (including phenoxy) is 4. The fourth-order valence-corrected chi connectivity index (χ4v) is 3.02. The van der Waals surface area contributed by atoms with Crippen molar-refractivity contribution in [1.82, 2.24) is 0 Å². The molecule has 2 aromatic rings. The summed E-state index contributed by atoms with van der Waals surface area (Å²) in [5.41, 5.74) is -2.11. The molecule has 3 rings (SSSR count). The predicted octanol–water partition coefficient (Wildman–Crippen LogP) is 4.31. The summed E-state index contributed by atoms with van der Waals surface area (Å²) < 4.78 is 100. The van der Waals surface area contributed by atoms with Crippen LogP contribution in [0.2, 0.25) is 0 Å². The SMILES string of the molecule is COC(=O)C1=C(C(=O)OC)N(c2ccc(Oc3c(F)cc(C(F)(F)F)cc3F)c(F)c2)COC1. The minimum atomic E-state index is -5.00. The van der Waals surface area contributed by atoms with Gasteiger partial charge in [0.25, 0.3) is 0 Å². The van der Waals surface area contributed by atoms with Gasteiger partial charge in [0.15, 0.2) is 29.0 Å². The van der Waals surface area contributed by atoms with Gasteiger partial charge in [-0.05, 0) is 24.3 Å². The van der Waals surface area contributed by atoms with Gasteiger partial charge in [-0.1, -0.05) is 0 Å². The summed E-state index contributed by atoms with van der Waals surface area (Å²) in [5, 5.41) is 0. The first-order chi connectivity index (χ1) is 16.0. The largest absolute Gasteiger partial charge is 0.466 e. The van der Waals surface area contributed by atoms with Gasteiger partial charge in [-0.25, -0.2) is 22.8 Å². The Kier molecular flexibility index (Phi) is 7.05. The van der Waals surface area contributed by atoms with E-state index in [2.05, 4.69) is 9.47 Å². The number of anilines is 1. The zero-order valence-corrected chi connectivity index (χ0v) is 17.5. The highest BCUT2D eigenvalue weighted by atomic mass is 19.4. The maximum absolute atomic E-state index is 14.7. The van der Waals surface area contributed by atoms with Crippen molar-refractivity contribution in [2.45, 2.75) is 6.18 Å². The zero-order chi connectivity index (χ0) is 25.2. The van der Waals surface area contributed by atoms with Gasteiger partial charge in [-0.3, -0.25) is 0 Å². The number of hydrogen-bond donors (Lipinski definition) is 0. The molecule has 0 bridgehead atoms. The Hall–Kier alpha value is -3.74. The molecule has 13 heteroatoms. The summed E-state index contributed by atoms with van der Waals surface area (Å²) in [4.78, 5) is 25.4. The van der Waals surface area contributed by atoms with E-state index in [9.17, 15) is 35.9 Å². The van der Waals surface area contributed by atoms with Gasteiger partial charge in [0.1, 0.15) is 12.4 Å². The molecule has 182 valence electrons. The summed E-state index contributed by atoms with van der Waals surface area (Å²) in [6.07, 6.45) is -5.00. The number of benzene rings is 2. The van der Waals surface area contributed by atoms with Crippen molar-refractivity contribution >= 4 is 17.6 Å². The Morgan fingerprint density at radius 3 is 2.09 bits per heavy atom. The number of esters is 2. The van der Waals surface area contributed by atoms with E-state index in [4.69, 9.17) is 9.47 Å². The molecule has 0 N–H and O–H groups in total. The van der Waals surface area contributed by atoms with Crippen molar-refractivity contribution in [1.29, 1.82) is 0 Å². The molecule has 1 aliphatic rings. The molecule has 34 heavy (non-hydrogen) atoms. The molecule has 0 radical (unpaired) electrons. The normalized spacial score (nSPS) is 14.2. The summed E-state index contributed by atoms with van der Waals surface area (Å²) in [5.74, 6) is -8.39. The van der Waals surface area contributed by atoms with Gasteiger partial charge >= 0.3 is 18.1 Å². The highest BCUT2D eigenvalue weighted by Gasteiger charge is 2.34. The van der Waals surface area contributed by atoms with Crippen LogP contribution in [0.4, 0.5) is 32.0 Å². The van der Waals surface area contributed by atoms with Crippen LogP contribution >= 0.6 is 0 Å². The van der Waals surface area contributed by atoms with E-state index in [0.29, 0.717) is 0 Å². The summed E-state index contributed by atoms with van der Waals surface area (Å²) in [6, 6.07) is 2.89. The number of halogens is 6. The predicted molar refractivity (Wildman–Crippen MR) is 102 cm³/mol. The van der Waals surface area contributed by atoms with E-state index in [1.165, 1.54) is 0 Å². The van der Waals surface area contributed by atoms with Crippen molar-refractivity contribution in [2.24, 2.45) is 0 Å². The van der Waals surface area contributed by atoms with Crippen LogP contribution in [-0.2, 0) is 30.0 Å². The van der Waals surface area contributed by atoms with Crippen molar-refractivity contribution in [2.75, 3.05) is 32.5 Å². The molecule has 0 aromatic heterocycles. The minimum absolute atomic E-state index is 0.0114. The van der Waals surface area contributed by atoms with Crippen LogP contribution in [0.5, 0.6) is 11.5 Å². The standard InChI is InChI=1S/C21H15F6NO6/c1-31-19(29)12-8-33-9-28(17(12)20(30)32-2)11-3-4-16(13(22)7-11)34-18-14(23)5-10(6-15(18)24)21(25,26)27/h3-7H,8-9H2,1-2H3. The molecule has 0 spiro atoms. The fraction of sp³-hybridized carbons (Fsp3) is 0.238. The molecule has 0 saturated heterocycles. The third kappa shape index (κ3) is 4.93. The van der Waals surface area contributed by atoms with Crippen molar-refractivity contribution in [3.63, 3.8) is 0 Å². The second-order valence-electron chi connectivity index (χ2n) is 6.70. The Balaban J connectivity index is 1.97. The number of carbonyl (C=O) groups is 2. The molecule has 0 amide bonds. The maximum Gasteiger partial charge on any atom is 0.416 e. The molecule has 0 aliphatic carbocycles. The number of carbonyl (C=O) groups excluding carboxylic acids is 2. The highest BCUT2D eigenvalue weighted by molar-refractivity contribution is 6.03. The van der Waals surface area contributed by atoms with Crippen LogP contribution < -0.4 is 9.64 Å². The summed E-state index contributed by atoms with van der Waals surface area (Å²) >= 11 is 0. The Bertz CT molecular complexity index is 1140. The van der Waals surface area contributed by atoms with Gasteiger partial charge < -0.3 is 23.8 Å². The number of nitrogens with zero attached hydrogens (tertiary/aromatic N) is 1. The lowest BCUT2D eigenvalue weighted by atomic mass is 10.1. The van der Waals surface area contributed by atoms with Gasteiger partial charge in [0, 0.05) is 11.8 Å². The van der Waals surface area contributed by atoms with Crippen LogP contribution in [0.3, 0.4) is 0 Å². The smallest absolute Gasteiger partial charge is 0.416 e. The van der Waals surface area contributed by atoms with Crippen LogP contribution in [-0.4, -0.2) is 39.5 Å². The second kappa shape index (κ2) is 9.63. The molecule has 0 fully saturated rings. The lowest BCUT2D eigenvalue weighted by Crippen LogP contribution is -2.38. The Morgan fingerprint density at radius 2 is 1.56 bits per heavy atom. The van der Waals surface area contributed by atoms with Crippen molar-refractivity contribution < 1.29 is 54.9 Å². The fourth-order valence-electron chi connectivity index (χ4n) is 3.02. The van der Waals surface area contributed by atoms with Gasteiger partial charge in [0.05, 0.1) is 32.0 Å². The van der Waals surface area contributed by atoms with Gasteiger partial charge in [-0.15, -0.1) is 0 Å². The first-order valence-electron chi connectivity index (χ1n) is 9.26. The monoisotopic (exact) mass is 491 g/mol. The first-order valence-corrected chi connectivity index (χ1v) is 9.26. The Morgan fingerprint density at radius 1 is 0.941 bits per heavy atom. The van der Waals surface area contributed by atoms with E-state index in [1.54, 1.807) is 0 Å². The molecule has 1 aliphatic heterocycles. The lowest BCUT2D eigenvalue weighted by Gasteiger charge is -2.31. The lowest BCUT2D eigenvalue weighted by molar-refractivity contribution is -0.140. The topological polar surface area (TPSA) is 74.3 Å². The zero-order valence-electron chi connectivity index (χ0n) is 17.5. The molecule has 0 atom stereocenters. The number of hydrogen-bond acceptors (Lipinski definition) is 7. The molecular weight excluding hydrogens is 476 g/mol. The minimum Gasteiger partial charge on any atom is -0.466 e. The third-order valence-electron chi connectivity index (χ3n) is 4.60. The van der Waals surface area contributed by atoms with Crippen LogP contribution in [0.25, 0.3) is 0 Å². The molecule has 0 unspecified atom stereocenters. The average Bonchev–Trinajstić information content (AvgIpc) is 2.79. The van der Waals surface area contributed by atoms with Crippen LogP contribution in [0.1, 0.15) is 5.56 Å². The quantitative estimate of drug-likeness (QED) is 0.456. The van der Waals surface area contributed by atoms with E-state index in [1.807, 2.05) is 0 Å². The summed E-state index contributed by atoms with van der Waals surface area (Å²) in [7, 11) is 2.14. The van der Waals surface area contributed by atoms with E-state index in [0.717, 1.165) is 37.3 Å². The molecular formula is C21H15F6NO6. The van der Waals surface area contributed by atoms with Crippen molar-refractivity contribution in [3.05, 3.63) is 64.6 Å². The van der Waals surface area contributed by atoms with E-state index < -0.39 is 52.6 Å². The number of alkyl halides is 3. The van der Waals surface area contributed by atoms with E-state index >= 15 is 0 Å². The molecule has 7 nitrogen and oxygen atoms in total. The van der Waals surface area contributed by atoms with Gasteiger partial charge in [-0.2, -0.15) is 13.2 Å². The Labute approximate surface area is 188 Å². The second-order valence-corrected chi connectivity index (χ2v) is 6.70. The number of rotatable bonds is 5. The van der Waals surface area contributed by atoms with E-state index in [-0.39, 0.29) is 42.4 Å². The first kappa shape index (κ1) is 24.9. The highest BCUT2D eigenvalue weighted by Crippen LogP contribution is 2.37. The average molecular weight is 491 g/mol. The molecule has 1 heterocycles. The van der Waals surface area contributed by atoms with Crippen molar-refractivity contribution in [3.8, 4) is 11.5 Å². The third-order valence-corrected chi connectivity index (χ3v) is 4.60.